The molecule has 0 heterocycles. The Labute approximate surface area is 104 Å². The van der Waals surface area contributed by atoms with Gasteiger partial charge in [-0.3, -0.25) is 0 Å². The van der Waals surface area contributed by atoms with Crippen LogP contribution in [0.1, 0.15) is 50.0 Å². The van der Waals surface area contributed by atoms with Gasteiger partial charge in [-0.25, -0.2) is 0 Å². The summed E-state index contributed by atoms with van der Waals surface area (Å²) in [4.78, 5) is 0. The van der Waals surface area contributed by atoms with Crippen LogP contribution >= 0.6 is 0 Å². The third kappa shape index (κ3) is 2.40. The second-order valence-corrected chi connectivity index (χ2v) is 5.81. The van der Waals surface area contributed by atoms with Gasteiger partial charge < -0.3 is 5.11 Å². The minimum absolute atomic E-state index is 0.0412. The third-order valence-corrected chi connectivity index (χ3v) is 4.64. The third-order valence-electron chi connectivity index (χ3n) is 4.64. The number of benzene rings is 1. The van der Waals surface area contributed by atoms with Gasteiger partial charge in [0.05, 0.1) is 6.10 Å². The number of rotatable bonds is 3. The first-order chi connectivity index (χ1) is 8.36. The van der Waals surface area contributed by atoms with Crippen molar-refractivity contribution in [2.75, 3.05) is 0 Å². The first kappa shape index (κ1) is 11.3. The summed E-state index contributed by atoms with van der Waals surface area (Å²) in [5.74, 6) is 1.76. The maximum absolute atomic E-state index is 10.4. The Morgan fingerprint density at radius 1 is 1.00 bits per heavy atom. The molecule has 1 nitrogen and oxygen atoms in total. The predicted molar refractivity (Wildman–Crippen MR) is 69.9 cm³/mol. The first-order valence-corrected chi connectivity index (χ1v) is 7.09. The Balaban J connectivity index is 1.60. The van der Waals surface area contributed by atoms with E-state index in [9.17, 15) is 5.11 Å². The predicted octanol–water partition coefficient (Wildman–Crippen LogP) is 3.73. The molecule has 0 spiro atoms. The molecule has 0 saturated heterocycles. The lowest BCUT2D eigenvalue weighted by Gasteiger charge is -2.26. The van der Waals surface area contributed by atoms with Gasteiger partial charge in [-0.15, -0.1) is 0 Å². The van der Waals surface area contributed by atoms with Crippen LogP contribution in [0.5, 0.6) is 0 Å². The van der Waals surface area contributed by atoms with E-state index in [-0.39, 0.29) is 6.10 Å². The van der Waals surface area contributed by atoms with E-state index in [2.05, 4.69) is 30.3 Å². The average Bonchev–Trinajstić information content (AvgIpc) is 3.20. The molecule has 1 heteroatoms. The summed E-state index contributed by atoms with van der Waals surface area (Å²) in [5.41, 5.74) is 1.42. The highest BCUT2D eigenvalue weighted by Crippen LogP contribution is 2.52. The van der Waals surface area contributed by atoms with Crippen LogP contribution in [0.15, 0.2) is 30.3 Å². The van der Waals surface area contributed by atoms with Crippen LogP contribution in [0.3, 0.4) is 0 Å². The molecule has 2 aliphatic rings. The SMILES string of the molecule is O[C@H](C1CCCCC1)[C@@H]1C[C@H]1c1ccccc1. The molecule has 0 aliphatic heterocycles. The summed E-state index contributed by atoms with van der Waals surface area (Å²) in [5, 5.41) is 10.4. The van der Waals surface area contributed by atoms with E-state index in [1.54, 1.807) is 0 Å². The van der Waals surface area contributed by atoms with Crippen molar-refractivity contribution in [3.63, 3.8) is 0 Å². The van der Waals surface area contributed by atoms with Crippen molar-refractivity contribution in [1.29, 1.82) is 0 Å². The lowest BCUT2D eigenvalue weighted by Crippen LogP contribution is -2.25. The van der Waals surface area contributed by atoms with Gasteiger partial charge in [-0.2, -0.15) is 0 Å². The second kappa shape index (κ2) is 4.81. The van der Waals surface area contributed by atoms with Crippen LogP contribution in [-0.4, -0.2) is 11.2 Å². The van der Waals surface area contributed by atoms with E-state index < -0.39 is 0 Å². The summed E-state index contributed by atoms with van der Waals surface area (Å²) in [6.07, 6.45) is 7.67. The van der Waals surface area contributed by atoms with Gasteiger partial charge in [-0.05, 0) is 42.6 Å². The van der Waals surface area contributed by atoms with Gasteiger partial charge in [0.1, 0.15) is 0 Å². The highest BCUT2D eigenvalue weighted by molar-refractivity contribution is 5.26. The topological polar surface area (TPSA) is 20.2 Å². The van der Waals surface area contributed by atoms with Crippen LogP contribution in [0.25, 0.3) is 0 Å². The molecule has 2 saturated carbocycles. The van der Waals surface area contributed by atoms with E-state index in [4.69, 9.17) is 0 Å². The Hall–Kier alpha value is -0.820. The smallest absolute Gasteiger partial charge is 0.0602 e. The molecule has 0 unspecified atom stereocenters. The van der Waals surface area contributed by atoms with Crippen molar-refractivity contribution in [1.82, 2.24) is 0 Å². The molecular formula is C16H22O. The van der Waals surface area contributed by atoms with Crippen molar-refractivity contribution in [2.24, 2.45) is 11.8 Å². The Morgan fingerprint density at radius 2 is 1.71 bits per heavy atom. The molecule has 1 N–H and O–H groups in total. The summed E-state index contributed by atoms with van der Waals surface area (Å²) in [6.45, 7) is 0. The summed E-state index contributed by atoms with van der Waals surface area (Å²) in [7, 11) is 0. The minimum Gasteiger partial charge on any atom is -0.393 e. The zero-order valence-corrected chi connectivity index (χ0v) is 10.4. The van der Waals surface area contributed by atoms with Gasteiger partial charge in [0.15, 0.2) is 0 Å². The van der Waals surface area contributed by atoms with Gasteiger partial charge in [0, 0.05) is 0 Å². The molecule has 0 radical (unpaired) electrons. The average molecular weight is 230 g/mol. The van der Waals surface area contributed by atoms with Crippen molar-refractivity contribution < 1.29 is 5.11 Å². The van der Waals surface area contributed by atoms with Crippen LogP contribution in [-0.2, 0) is 0 Å². The minimum atomic E-state index is -0.0412. The molecule has 1 aromatic carbocycles. The summed E-state index contributed by atoms with van der Waals surface area (Å²) in [6, 6.07) is 10.7. The standard InChI is InChI=1S/C16H22O/c17-16(13-9-5-2-6-10-13)15-11-14(15)12-7-3-1-4-8-12/h1,3-4,7-8,13-17H,2,5-6,9-11H2/t14-,15+,16+/m0/s1. The maximum Gasteiger partial charge on any atom is 0.0602 e. The molecule has 92 valence electrons. The van der Waals surface area contributed by atoms with Gasteiger partial charge in [0.2, 0.25) is 0 Å². The number of aliphatic hydroxyl groups is 1. The molecule has 0 bridgehead atoms. The van der Waals surface area contributed by atoms with Gasteiger partial charge in [0.25, 0.3) is 0 Å². The number of hydrogen-bond donors (Lipinski definition) is 1. The first-order valence-electron chi connectivity index (χ1n) is 7.09. The molecular weight excluding hydrogens is 208 g/mol. The van der Waals surface area contributed by atoms with Crippen LogP contribution in [0.4, 0.5) is 0 Å². The highest BCUT2D eigenvalue weighted by atomic mass is 16.3. The zero-order valence-electron chi connectivity index (χ0n) is 10.4. The molecule has 3 atom stereocenters. The zero-order chi connectivity index (χ0) is 11.7. The highest BCUT2D eigenvalue weighted by Gasteiger charge is 2.45. The van der Waals surface area contributed by atoms with E-state index in [1.807, 2.05) is 0 Å². The van der Waals surface area contributed by atoms with Crippen molar-refractivity contribution >= 4 is 0 Å². The van der Waals surface area contributed by atoms with Crippen molar-refractivity contribution in [2.45, 2.75) is 50.5 Å². The van der Waals surface area contributed by atoms with Crippen molar-refractivity contribution in [3.05, 3.63) is 35.9 Å². The second-order valence-electron chi connectivity index (χ2n) is 5.81. The monoisotopic (exact) mass is 230 g/mol. The van der Waals surface area contributed by atoms with Crippen LogP contribution < -0.4 is 0 Å². The van der Waals surface area contributed by atoms with E-state index in [1.165, 1.54) is 44.1 Å². The molecule has 3 rings (SSSR count). The molecule has 17 heavy (non-hydrogen) atoms. The lowest BCUT2D eigenvalue weighted by molar-refractivity contribution is 0.0642. The number of hydrogen-bond acceptors (Lipinski definition) is 1. The molecule has 1 aromatic rings. The summed E-state index contributed by atoms with van der Waals surface area (Å²) >= 11 is 0. The summed E-state index contributed by atoms with van der Waals surface area (Å²) < 4.78 is 0. The fourth-order valence-corrected chi connectivity index (χ4v) is 3.50. The van der Waals surface area contributed by atoms with Crippen LogP contribution in [0.2, 0.25) is 0 Å². The fraction of sp³-hybridized carbons (Fsp3) is 0.625. The molecule has 2 aliphatic carbocycles. The van der Waals surface area contributed by atoms with E-state index in [0.29, 0.717) is 17.8 Å². The normalized spacial score (nSPS) is 31.1. The Morgan fingerprint density at radius 3 is 2.41 bits per heavy atom. The largest absolute Gasteiger partial charge is 0.393 e. The van der Waals surface area contributed by atoms with Crippen LogP contribution in [0, 0.1) is 11.8 Å². The van der Waals surface area contributed by atoms with E-state index >= 15 is 0 Å². The molecule has 2 fully saturated rings. The number of aliphatic hydroxyl groups excluding tert-OH is 1. The lowest BCUT2D eigenvalue weighted by atomic mass is 9.83. The molecule has 0 aromatic heterocycles. The van der Waals surface area contributed by atoms with Gasteiger partial charge >= 0.3 is 0 Å². The Kier molecular flexibility index (Phi) is 3.19. The van der Waals surface area contributed by atoms with E-state index in [0.717, 1.165) is 0 Å². The molecule has 0 amide bonds. The quantitative estimate of drug-likeness (QED) is 0.839. The fourth-order valence-electron chi connectivity index (χ4n) is 3.50. The maximum atomic E-state index is 10.4. The Bertz CT molecular complexity index is 353. The van der Waals surface area contributed by atoms with Crippen molar-refractivity contribution in [3.8, 4) is 0 Å². The van der Waals surface area contributed by atoms with Gasteiger partial charge in [-0.1, -0.05) is 49.6 Å².